The van der Waals surface area contributed by atoms with E-state index in [-0.39, 0.29) is 18.2 Å². The number of aryl methyl sites for hydroxylation is 3. The Labute approximate surface area is 139 Å². The number of anilines is 1. The summed E-state index contributed by atoms with van der Waals surface area (Å²) < 4.78 is 7.77. The highest BCUT2D eigenvalue weighted by Crippen LogP contribution is 2.28. The van der Waals surface area contributed by atoms with Crippen LogP contribution in [0.3, 0.4) is 0 Å². The highest BCUT2D eigenvalue weighted by Gasteiger charge is 2.27. The van der Waals surface area contributed by atoms with Gasteiger partial charge in [0.05, 0.1) is 28.9 Å². The number of amides is 2. The molecular formula is C15H21N5O2S. The summed E-state index contributed by atoms with van der Waals surface area (Å²) in [5.41, 5.74) is 1.88. The summed E-state index contributed by atoms with van der Waals surface area (Å²) in [7, 11) is 1.95. The highest BCUT2D eigenvalue weighted by molar-refractivity contribution is 7.16. The number of ether oxygens (including phenoxy) is 1. The molecule has 2 N–H and O–H groups in total. The number of hydrogen-bond donors (Lipinski definition) is 2. The summed E-state index contributed by atoms with van der Waals surface area (Å²) in [6.07, 6.45) is 5.10. The van der Waals surface area contributed by atoms with E-state index in [1.165, 1.54) is 11.3 Å². The minimum absolute atomic E-state index is 0.0334. The number of nitrogens with zero attached hydrogens (tertiary/aromatic N) is 3. The lowest BCUT2D eigenvalue weighted by atomic mass is 10.0. The number of aromatic nitrogens is 3. The molecule has 1 saturated heterocycles. The van der Waals surface area contributed by atoms with E-state index >= 15 is 0 Å². The van der Waals surface area contributed by atoms with Crippen molar-refractivity contribution in [1.82, 2.24) is 19.9 Å². The predicted molar refractivity (Wildman–Crippen MR) is 88.7 cm³/mol. The van der Waals surface area contributed by atoms with Crippen LogP contribution < -0.4 is 10.6 Å². The van der Waals surface area contributed by atoms with Gasteiger partial charge in [0.15, 0.2) is 0 Å². The molecular weight excluding hydrogens is 314 g/mol. The second-order valence-electron chi connectivity index (χ2n) is 5.76. The topological polar surface area (TPSA) is 81.1 Å². The fraction of sp³-hybridized carbons (Fsp3) is 0.533. The molecule has 23 heavy (non-hydrogen) atoms. The van der Waals surface area contributed by atoms with Crippen molar-refractivity contribution in [3.8, 4) is 0 Å². The fourth-order valence-corrected chi connectivity index (χ4v) is 3.60. The zero-order valence-electron chi connectivity index (χ0n) is 13.5. The molecule has 0 aliphatic carbocycles. The number of carbonyl (C=O) groups excluding carboxylic acids is 1. The third-order valence-corrected chi connectivity index (χ3v) is 4.92. The zero-order chi connectivity index (χ0) is 16.4. The third-order valence-electron chi connectivity index (χ3n) is 3.93. The van der Waals surface area contributed by atoms with Gasteiger partial charge in [-0.3, -0.25) is 5.32 Å². The minimum atomic E-state index is -0.188. The van der Waals surface area contributed by atoms with Crippen LogP contribution in [0.5, 0.6) is 0 Å². The molecule has 0 bridgehead atoms. The summed E-state index contributed by atoms with van der Waals surface area (Å²) in [5, 5.41) is 7.67. The van der Waals surface area contributed by atoms with Crippen LogP contribution in [0, 0.1) is 13.8 Å². The Balaban J connectivity index is 1.58. The smallest absolute Gasteiger partial charge is 0.320 e. The van der Waals surface area contributed by atoms with Gasteiger partial charge in [-0.1, -0.05) is 0 Å². The molecule has 2 aromatic heterocycles. The monoisotopic (exact) mass is 335 g/mol. The summed E-state index contributed by atoms with van der Waals surface area (Å²) >= 11 is 1.49. The Kier molecular flexibility index (Phi) is 4.63. The molecule has 2 aromatic rings. The Morgan fingerprint density at radius 3 is 2.96 bits per heavy atom. The molecule has 0 aromatic carbocycles. The summed E-state index contributed by atoms with van der Waals surface area (Å²) in [4.78, 5) is 20.6. The van der Waals surface area contributed by atoms with E-state index in [0.29, 0.717) is 6.61 Å². The Hall–Kier alpha value is -1.93. The van der Waals surface area contributed by atoms with E-state index in [4.69, 9.17) is 4.74 Å². The van der Waals surface area contributed by atoms with Gasteiger partial charge in [0.1, 0.15) is 11.1 Å². The van der Waals surface area contributed by atoms with Crippen LogP contribution in [0.15, 0.2) is 12.5 Å². The zero-order valence-corrected chi connectivity index (χ0v) is 14.3. The molecule has 0 radical (unpaired) electrons. The van der Waals surface area contributed by atoms with Crippen molar-refractivity contribution in [1.29, 1.82) is 0 Å². The first-order valence-electron chi connectivity index (χ1n) is 7.62. The quantitative estimate of drug-likeness (QED) is 0.903. The number of urea groups is 1. The second-order valence-corrected chi connectivity index (χ2v) is 6.96. The van der Waals surface area contributed by atoms with Gasteiger partial charge < -0.3 is 14.6 Å². The van der Waals surface area contributed by atoms with Crippen molar-refractivity contribution in [3.63, 3.8) is 0 Å². The van der Waals surface area contributed by atoms with Crippen molar-refractivity contribution in [2.24, 2.45) is 7.05 Å². The van der Waals surface area contributed by atoms with Gasteiger partial charge in [-0.15, -0.1) is 11.3 Å². The number of rotatable bonds is 3. The molecule has 0 unspecified atom stereocenters. The van der Waals surface area contributed by atoms with Gasteiger partial charge >= 0.3 is 6.03 Å². The van der Waals surface area contributed by atoms with Crippen LogP contribution >= 0.6 is 11.3 Å². The van der Waals surface area contributed by atoms with Crippen molar-refractivity contribution in [2.45, 2.75) is 38.8 Å². The van der Waals surface area contributed by atoms with Gasteiger partial charge in [0.25, 0.3) is 0 Å². The molecule has 7 nitrogen and oxygen atoms in total. The van der Waals surface area contributed by atoms with E-state index in [2.05, 4.69) is 20.6 Å². The molecule has 2 atom stereocenters. The van der Waals surface area contributed by atoms with E-state index in [1.54, 1.807) is 6.33 Å². The maximum Gasteiger partial charge on any atom is 0.320 e. The predicted octanol–water partition coefficient (Wildman–Crippen LogP) is 2.54. The molecule has 1 aliphatic heterocycles. The van der Waals surface area contributed by atoms with Gasteiger partial charge in [-0.2, -0.15) is 0 Å². The van der Waals surface area contributed by atoms with E-state index < -0.39 is 0 Å². The molecule has 2 amide bonds. The lowest BCUT2D eigenvalue weighted by Crippen LogP contribution is -2.42. The first kappa shape index (κ1) is 15.9. The van der Waals surface area contributed by atoms with Gasteiger partial charge in [-0.05, 0) is 26.7 Å². The summed E-state index contributed by atoms with van der Waals surface area (Å²) in [6.45, 7) is 4.45. The standard InChI is InChI=1S/C15H21N5O2S/c1-9-14(23-10(2)17-9)19-15(21)18-11-4-5-22-13(6-11)12-7-16-8-20(12)3/h7-8,11,13H,4-6H2,1-3H3,(H2,18,19,21)/t11-,13+/m0/s1. The summed E-state index contributed by atoms with van der Waals surface area (Å²) in [6, 6.07) is -0.106. The summed E-state index contributed by atoms with van der Waals surface area (Å²) in [5.74, 6) is 0. The molecule has 3 rings (SSSR count). The van der Waals surface area contributed by atoms with E-state index in [1.807, 2.05) is 31.7 Å². The molecule has 0 spiro atoms. The average Bonchev–Trinajstić information content (AvgIpc) is 3.05. The number of nitrogens with one attached hydrogen (secondary N) is 2. The van der Waals surface area contributed by atoms with Crippen LogP contribution in [0.4, 0.5) is 9.80 Å². The lowest BCUT2D eigenvalue weighted by molar-refractivity contribution is -0.00151. The second kappa shape index (κ2) is 6.67. The minimum Gasteiger partial charge on any atom is -0.372 e. The van der Waals surface area contributed by atoms with Gasteiger partial charge in [-0.25, -0.2) is 14.8 Å². The number of carbonyl (C=O) groups is 1. The first-order valence-corrected chi connectivity index (χ1v) is 8.44. The van der Waals surface area contributed by atoms with Crippen molar-refractivity contribution < 1.29 is 9.53 Å². The Bertz CT molecular complexity index is 696. The maximum absolute atomic E-state index is 12.2. The Morgan fingerprint density at radius 1 is 1.48 bits per heavy atom. The van der Waals surface area contributed by atoms with E-state index in [0.717, 1.165) is 34.2 Å². The van der Waals surface area contributed by atoms with Gasteiger partial charge in [0, 0.05) is 19.7 Å². The lowest BCUT2D eigenvalue weighted by Gasteiger charge is -2.30. The molecule has 3 heterocycles. The molecule has 8 heteroatoms. The van der Waals surface area contributed by atoms with Crippen LogP contribution in [-0.4, -0.2) is 33.2 Å². The van der Waals surface area contributed by atoms with Gasteiger partial charge in [0.2, 0.25) is 0 Å². The van der Waals surface area contributed by atoms with Crippen LogP contribution in [0.2, 0.25) is 0 Å². The largest absolute Gasteiger partial charge is 0.372 e. The normalized spacial score (nSPS) is 21.2. The van der Waals surface area contributed by atoms with Crippen molar-refractivity contribution in [3.05, 3.63) is 28.9 Å². The Morgan fingerprint density at radius 2 is 2.30 bits per heavy atom. The van der Waals surface area contributed by atoms with Crippen LogP contribution in [0.1, 0.15) is 35.3 Å². The number of imidazole rings is 1. The SMILES string of the molecule is Cc1nc(C)c(NC(=O)N[C@H]2CCO[C@@H](c3cncn3C)C2)s1. The fourth-order valence-electron chi connectivity index (χ4n) is 2.78. The van der Waals surface area contributed by atoms with Crippen LogP contribution in [-0.2, 0) is 11.8 Å². The molecule has 0 saturated carbocycles. The maximum atomic E-state index is 12.2. The highest BCUT2D eigenvalue weighted by atomic mass is 32.1. The third kappa shape index (κ3) is 3.70. The van der Waals surface area contributed by atoms with Crippen molar-refractivity contribution in [2.75, 3.05) is 11.9 Å². The molecule has 1 fully saturated rings. The number of hydrogen-bond acceptors (Lipinski definition) is 5. The average molecular weight is 335 g/mol. The van der Waals surface area contributed by atoms with Crippen LogP contribution in [0.25, 0.3) is 0 Å². The molecule has 124 valence electrons. The van der Waals surface area contributed by atoms with E-state index in [9.17, 15) is 4.79 Å². The number of thiazole rings is 1. The van der Waals surface area contributed by atoms with Crippen molar-refractivity contribution >= 4 is 22.4 Å². The first-order chi connectivity index (χ1) is 11.0. The molecule has 1 aliphatic rings.